The van der Waals surface area contributed by atoms with Crippen LogP contribution >= 0.6 is 0 Å². The van der Waals surface area contributed by atoms with Gasteiger partial charge in [0.25, 0.3) is 0 Å². The number of hydrogen-bond acceptors (Lipinski definition) is 3. The van der Waals surface area contributed by atoms with Gasteiger partial charge in [0.15, 0.2) is 0 Å². The third-order valence-corrected chi connectivity index (χ3v) is 5.66. The van der Waals surface area contributed by atoms with Crippen LogP contribution in [0.15, 0.2) is 36.4 Å². The van der Waals surface area contributed by atoms with Crippen molar-refractivity contribution in [1.29, 1.82) is 0 Å². The van der Waals surface area contributed by atoms with Gasteiger partial charge in [-0.1, -0.05) is 31.1 Å². The number of hydrogen-bond donors (Lipinski definition) is 2. The molecule has 4 bridgehead atoms. The zero-order valence-corrected chi connectivity index (χ0v) is 16.8. The molecule has 27 heavy (non-hydrogen) atoms. The van der Waals surface area contributed by atoms with Crippen LogP contribution in [-0.2, 0) is 9.31 Å². The van der Waals surface area contributed by atoms with Crippen molar-refractivity contribution in [2.75, 3.05) is 0 Å². The summed E-state index contributed by atoms with van der Waals surface area (Å²) in [5, 5.41) is 12.9. The van der Waals surface area contributed by atoms with Crippen LogP contribution in [0.1, 0.15) is 40.5 Å². The Balaban J connectivity index is 1.89. The molecule has 4 rings (SSSR count). The number of H-pyrrole nitrogens is 1. The summed E-state index contributed by atoms with van der Waals surface area (Å²) in [6.07, 6.45) is 1.63. The van der Waals surface area contributed by atoms with E-state index in [1.54, 1.807) is 0 Å². The Labute approximate surface area is 161 Å². The van der Waals surface area contributed by atoms with E-state index in [2.05, 4.69) is 43.9 Å². The third-order valence-electron chi connectivity index (χ3n) is 5.66. The van der Waals surface area contributed by atoms with Crippen LogP contribution in [0.4, 0.5) is 0 Å². The molecule has 2 N–H and O–H groups in total. The molecule has 0 unspecified atom stereocenters. The summed E-state index contributed by atoms with van der Waals surface area (Å²) in [6, 6.07) is 12.4. The van der Waals surface area contributed by atoms with E-state index in [0.717, 1.165) is 45.6 Å². The fourth-order valence-corrected chi connectivity index (χ4v) is 3.98. The SMILES string of the molecule is CB1OC(C)(C)CCC(C)(C)OB(O)c2ccc3[nH]c4ccc1cc4c3c2. The van der Waals surface area contributed by atoms with Gasteiger partial charge in [-0.05, 0) is 63.6 Å². The number of rotatable bonds is 0. The molecule has 0 atom stereocenters. The summed E-state index contributed by atoms with van der Waals surface area (Å²) in [7, 11) is -0.955. The Kier molecular flexibility index (Phi) is 4.41. The third kappa shape index (κ3) is 3.66. The van der Waals surface area contributed by atoms with Gasteiger partial charge in [0.2, 0.25) is 0 Å². The van der Waals surface area contributed by atoms with Gasteiger partial charge in [0.05, 0.1) is 0 Å². The van der Waals surface area contributed by atoms with Crippen LogP contribution in [0.3, 0.4) is 0 Å². The maximum Gasteiger partial charge on any atom is 0.491 e. The number of fused-ring (bicyclic) bond motifs is 2. The molecular formula is C21H27B2NO3. The Hall–Kier alpha value is -1.75. The molecule has 2 aromatic carbocycles. The standard InChI is InChI=1S/C21H27B2NO3/c1-20(2)10-11-21(3,4)27-23(25)15-7-9-19-17(13-15)16-12-14(22(5)26-20)6-8-18(16)24-19/h6-9,12-13,24-25H,10-11H2,1-5H3. The largest absolute Gasteiger partial charge is 0.491 e. The Morgan fingerprint density at radius 3 is 2.00 bits per heavy atom. The highest BCUT2D eigenvalue weighted by Crippen LogP contribution is 2.28. The van der Waals surface area contributed by atoms with E-state index in [0.29, 0.717) is 0 Å². The first kappa shape index (κ1) is 18.6. The molecule has 1 aliphatic heterocycles. The normalized spacial score (nSPS) is 20.1. The van der Waals surface area contributed by atoms with Crippen molar-refractivity contribution < 1.29 is 14.3 Å². The van der Waals surface area contributed by atoms with E-state index < -0.39 is 12.7 Å². The number of nitrogens with one attached hydrogen (secondary N) is 1. The second-order valence-corrected chi connectivity index (χ2v) is 8.98. The summed E-state index contributed by atoms with van der Waals surface area (Å²) >= 11 is 0. The summed E-state index contributed by atoms with van der Waals surface area (Å²) in [5.74, 6) is 0. The highest BCUT2D eigenvalue weighted by atomic mass is 16.5. The lowest BCUT2D eigenvalue weighted by molar-refractivity contribution is 0.0356. The Morgan fingerprint density at radius 2 is 1.37 bits per heavy atom. The summed E-state index contributed by atoms with van der Waals surface area (Å²) in [4.78, 5) is 3.46. The van der Waals surface area contributed by atoms with Gasteiger partial charge in [0, 0.05) is 33.0 Å². The van der Waals surface area contributed by atoms with Crippen LogP contribution in [0, 0.1) is 0 Å². The van der Waals surface area contributed by atoms with E-state index in [1.165, 1.54) is 0 Å². The van der Waals surface area contributed by atoms with Crippen molar-refractivity contribution in [3.05, 3.63) is 36.4 Å². The minimum absolute atomic E-state index is 0.00454. The predicted molar refractivity (Wildman–Crippen MR) is 114 cm³/mol. The average molecular weight is 363 g/mol. The maximum absolute atomic E-state index is 10.7. The molecule has 0 amide bonds. The van der Waals surface area contributed by atoms with Gasteiger partial charge in [-0.2, -0.15) is 0 Å². The van der Waals surface area contributed by atoms with Crippen molar-refractivity contribution in [2.45, 2.75) is 58.6 Å². The maximum atomic E-state index is 10.7. The van der Waals surface area contributed by atoms with Crippen molar-refractivity contribution >= 4 is 46.8 Å². The molecule has 1 aromatic heterocycles. The van der Waals surface area contributed by atoms with E-state index in [1.807, 2.05) is 32.0 Å². The average Bonchev–Trinajstić information content (AvgIpc) is 2.96. The van der Waals surface area contributed by atoms with E-state index >= 15 is 0 Å². The van der Waals surface area contributed by atoms with Crippen LogP contribution in [0.25, 0.3) is 21.8 Å². The second kappa shape index (κ2) is 6.40. The summed E-state index contributed by atoms with van der Waals surface area (Å²) < 4.78 is 12.4. The molecule has 0 saturated heterocycles. The molecule has 0 saturated carbocycles. The molecule has 0 aliphatic carbocycles. The fraction of sp³-hybridized carbons (Fsp3) is 0.429. The summed E-state index contributed by atoms with van der Waals surface area (Å²) in [6.45, 7) is 10.4. The van der Waals surface area contributed by atoms with Crippen LogP contribution in [0.5, 0.6) is 0 Å². The lowest BCUT2D eigenvalue weighted by Gasteiger charge is -2.34. The van der Waals surface area contributed by atoms with Gasteiger partial charge in [0.1, 0.15) is 0 Å². The van der Waals surface area contributed by atoms with Gasteiger partial charge < -0.3 is 19.3 Å². The monoisotopic (exact) mass is 363 g/mol. The van der Waals surface area contributed by atoms with Gasteiger partial charge in [-0.3, -0.25) is 0 Å². The highest BCUT2D eigenvalue weighted by Gasteiger charge is 2.32. The van der Waals surface area contributed by atoms with Gasteiger partial charge >= 0.3 is 14.0 Å². The minimum Gasteiger partial charge on any atom is -0.426 e. The molecule has 140 valence electrons. The van der Waals surface area contributed by atoms with Crippen molar-refractivity contribution in [2.24, 2.45) is 0 Å². The highest BCUT2D eigenvalue weighted by molar-refractivity contribution is 6.66. The Morgan fingerprint density at radius 1 is 0.852 bits per heavy atom. The zero-order chi connectivity index (χ0) is 19.4. The van der Waals surface area contributed by atoms with Gasteiger partial charge in [-0.25, -0.2) is 0 Å². The first-order valence-electron chi connectivity index (χ1n) is 9.73. The first-order chi connectivity index (χ1) is 12.6. The molecule has 1 aliphatic rings. The first-order valence-corrected chi connectivity index (χ1v) is 9.73. The number of aromatic nitrogens is 1. The lowest BCUT2D eigenvalue weighted by Crippen LogP contribution is -2.44. The fourth-order valence-electron chi connectivity index (χ4n) is 3.98. The molecule has 4 nitrogen and oxygen atoms in total. The molecular weight excluding hydrogens is 336 g/mol. The van der Waals surface area contributed by atoms with Crippen LogP contribution < -0.4 is 10.9 Å². The number of aromatic amines is 1. The van der Waals surface area contributed by atoms with Crippen molar-refractivity contribution in [3.63, 3.8) is 0 Å². The van der Waals surface area contributed by atoms with E-state index in [9.17, 15) is 5.02 Å². The zero-order valence-electron chi connectivity index (χ0n) is 16.8. The Bertz CT molecular complexity index is 917. The minimum atomic E-state index is -0.955. The van der Waals surface area contributed by atoms with E-state index in [4.69, 9.17) is 9.31 Å². The predicted octanol–water partition coefficient (Wildman–Crippen LogP) is 3.22. The molecule has 0 spiro atoms. The molecule has 6 heteroatoms. The van der Waals surface area contributed by atoms with Crippen LogP contribution in [-0.4, -0.2) is 35.2 Å². The molecule has 3 aromatic rings. The molecule has 0 fully saturated rings. The van der Waals surface area contributed by atoms with Crippen molar-refractivity contribution in [3.8, 4) is 0 Å². The lowest BCUT2D eigenvalue weighted by atomic mass is 9.62. The molecule has 2 heterocycles. The quantitative estimate of drug-likeness (QED) is 0.603. The summed E-state index contributed by atoms with van der Waals surface area (Å²) in [5.41, 5.74) is 3.34. The van der Waals surface area contributed by atoms with Crippen LogP contribution in [0.2, 0.25) is 6.82 Å². The topological polar surface area (TPSA) is 54.5 Å². The smallest absolute Gasteiger partial charge is 0.426 e. The van der Waals surface area contributed by atoms with Crippen molar-refractivity contribution in [1.82, 2.24) is 4.98 Å². The van der Waals surface area contributed by atoms with E-state index in [-0.39, 0.29) is 12.5 Å². The number of benzene rings is 2. The second-order valence-electron chi connectivity index (χ2n) is 8.98. The molecule has 0 radical (unpaired) electrons. The van der Waals surface area contributed by atoms with Gasteiger partial charge in [-0.15, -0.1) is 0 Å².